The van der Waals surface area contributed by atoms with Gasteiger partial charge in [0.25, 0.3) is 0 Å². The van der Waals surface area contributed by atoms with Crippen LogP contribution in [-0.2, 0) is 4.79 Å². The molecule has 0 aromatic carbocycles. The van der Waals surface area contributed by atoms with E-state index in [2.05, 4.69) is 6.92 Å². The van der Waals surface area contributed by atoms with Gasteiger partial charge in [-0.25, -0.2) is 0 Å². The molecule has 0 radical (unpaired) electrons. The molecule has 1 aliphatic carbocycles. The van der Waals surface area contributed by atoms with Crippen LogP contribution in [-0.4, -0.2) is 40.1 Å². The standard InChI is InChI=1S/C11H19NO3.C2H6/c1-4-5-6-12(3)8-7-11(2,15)10(14)9(8)13;1-2/h13,15H,4-7H2,1-3H3;1-2H3. The van der Waals surface area contributed by atoms with Gasteiger partial charge in [0.05, 0.1) is 5.70 Å². The van der Waals surface area contributed by atoms with Crippen molar-refractivity contribution in [3.63, 3.8) is 0 Å². The highest BCUT2D eigenvalue weighted by molar-refractivity contribution is 6.02. The zero-order valence-corrected chi connectivity index (χ0v) is 11.6. The van der Waals surface area contributed by atoms with Gasteiger partial charge >= 0.3 is 0 Å². The molecule has 0 spiro atoms. The lowest BCUT2D eigenvalue weighted by atomic mass is 10.0. The summed E-state index contributed by atoms with van der Waals surface area (Å²) >= 11 is 0. The summed E-state index contributed by atoms with van der Waals surface area (Å²) in [6.07, 6.45) is 2.27. The Hall–Kier alpha value is -1.03. The molecule has 4 heteroatoms. The third-order valence-corrected chi connectivity index (χ3v) is 2.80. The third kappa shape index (κ3) is 3.73. The average molecular weight is 243 g/mol. The van der Waals surface area contributed by atoms with Gasteiger partial charge < -0.3 is 15.1 Å². The van der Waals surface area contributed by atoms with E-state index in [9.17, 15) is 15.0 Å². The fraction of sp³-hybridized carbons (Fsp3) is 0.769. The molecule has 0 heterocycles. The number of nitrogens with zero attached hydrogens (tertiary/aromatic N) is 1. The Morgan fingerprint density at radius 2 is 1.94 bits per heavy atom. The maximum atomic E-state index is 11.4. The Kier molecular flexibility index (Phi) is 6.24. The molecule has 100 valence electrons. The van der Waals surface area contributed by atoms with E-state index in [1.807, 2.05) is 25.8 Å². The van der Waals surface area contributed by atoms with Gasteiger partial charge in [-0.05, 0) is 13.3 Å². The second-order valence-corrected chi connectivity index (χ2v) is 4.35. The van der Waals surface area contributed by atoms with Crippen LogP contribution >= 0.6 is 0 Å². The topological polar surface area (TPSA) is 60.8 Å². The van der Waals surface area contributed by atoms with Gasteiger partial charge in [0.2, 0.25) is 5.78 Å². The van der Waals surface area contributed by atoms with E-state index in [0.29, 0.717) is 5.70 Å². The minimum Gasteiger partial charge on any atom is -0.503 e. The molecule has 17 heavy (non-hydrogen) atoms. The average Bonchev–Trinajstić information content (AvgIpc) is 2.52. The SMILES string of the molecule is CC.CCCCN(C)C1=C(O)C(=O)C(C)(O)C1. The number of carbonyl (C=O) groups excluding carboxylic acids is 1. The van der Waals surface area contributed by atoms with Gasteiger partial charge in [0.15, 0.2) is 5.76 Å². The van der Waals surface area contributed by atoms with Crippen molar-refractivity contribution in [1.29, 1.82) is 0 Å². The summed E-state index contributed by atoms with van der Waals surface area (Å²) in [5.41, 5.74) is -0.877. The quantitative estimate of drug-likeness (QED) is 0.795. The maximum Gasteiger partial charge on any atom is 0.230 e. The lowest BCUT2D eigenvalue weighted by molar-refractivity contribution is -0.132. The van der Waals surface area contributed by atoms with Gasteiger partial charge in [0.1, 0.15) is 5.60 Å². The van der Waals surface area contributed by atoms with E-state index in [1.54, 1.807) is 0 Å². The Balaban J connectivity index is 0.00000121. The zero-order valence-electron chi connectivity index (χ0n) is 11.6. The van der Waals surface area contributed by atoms with Gasteiger partial charge in [-0.3, -0.25) is 4.79 Å². The predicted molar refractivity (Wildman–Crippen MR) is 68.8 cm³/mol. The van der Waals surface area contributed by atoms with Crippen LogP contribution in [0.4, 0.5) is 0 Å². The van der Waals surface area contributed by atoms with Crippen LogP contribution in [0.1, 0.15) is 47.0 Å². The zero-order chi connectivity index (χ0) is 13.6. The predicted octanol–water partition coefficient (Wildman–Crippen LogP) is 2.24. The Morgan fingerprint density at radius 1 is 1.41 bits per heavy atom. The molecule has 0 amide bonds. The van der Waals surface area contributed by atoms with E-state index in [4.69, 9.17) is 0 Å². The minimum atomic E-state index is -1.43. The third-order valence-electron chi connectivity index (χ3n) is 2.80. The highest BCUT2D eigenvalue weighted by Gasteiger charge is 2.43. The van der Waals surface area contributed by atoms with Crippen molar-refractivity contribution in [3.8, 4) is 0 Å². The lowest BCUT2D eigenvalue weighted by Crippen LogP contribution is -2.31. The molecule has 1 atom stereocenters. The molecule has 1 aliphatic rings. The van der Waals surface area contributed by atoms with Crippen molar-refractivity contribution < 1.29 is 15.0 Å². The van der Waals surface area contributed by atoms with Crippen LogP contribution in [0.5, 0.6) is 0 Å². The molecule has 0 saturated heterocycles. The molecule has 0 aliphatic heterocycles. The van der Waals surface area contributed by atoms with Gasteiger partial charge in [-0.15, -0.1) is 0 Å². The molecule has 1 unspecified atom stereocenters. The molecule has 4 nitrogen and oxygen atoms in total. The van der Waals surface area contributed by atoms with Crippen molar-refractivity contribution >= 4 is 5.78 Å². The van der Waals surface area contributed by atoms with Crippen molar-refractivity contribution in [2.75, 3.05) is 13.6 Å². The summed E-state index contributed by atoms with van der Waals surface area (Å²) in [5, 5.41) is 19.3. The van der Waals surface area contributed by atoms with Gasteiger partial charge in [0, 0.05) is 20.0 Å². The number of Topliss-reactive ketones (excluding diaryl/α,β-unsaturated/α-hetero) is 1. The number of hydrogen-bond acceptors (Lipinski definition) is 4. The molecule has 0 fully saturated rings. The van der Waals surface area contributed by atoms with E-state index >= 15 is 0 Å². The number of unbranched alkanes of at least 4 members (excludes halogenated alkanes) is 1. The van der Waals surface area contributed by atoms with Gasteiger partial charge in [-0.2, -0.15) is 0 Å². The van der Waals surface area contributed by atoms with Crippen LogP contribution in [0.3, 0.4) is 0 Å². The Morgan fingerprint density at radius 3 is 2.29 bits per heavy atom. The first-order valence-electron chi connectivity index (χ1n) is 6.30. The minimum absolute atomic E-state index is 0.206. The number of carbonyl (C=O) groups is 1. The summed E-state index contributed by atoms with van der Waals surface area (Å²) in [4.78, 5) is 13.3. The lowest BCUT2D eigenvalue weighted by Gasteiger charge is -2.21. The normalized spacial score (nSPS) is 23.5. The summed E-state index contributed by atoms with van der Waals surface area (Å²) in [6.45, 7) is 8.31. The monoisotopic (exact) mass is 243 g/mol. The fourth-order valence-corrected chi connectivity index (χ4v) is 1.72. The van der Waals surface area contributed by atoms with Crippen LogP contribution in [0.15, 0.2) is 11.5 Å². The Labute approximate surface area is 104 Å². The fourth-order valence-electron chi connectivity index (χ4n) is 1.72. The van der Waals surface area contributed by atoms with Crippen molar-refractivity contribution in [3.05, 3.63) is 11.5 Å². The molecular weight excluding hydrogens is 218 g/mol. The van der Waals surface area contributed by atoms with E-state index < -0.39 is 11.4 Å². The van der Waals surface area contributed by atoms with Crippen molar-refractivity contribution in [2.45, 2.75) is 52.6 Å². The number of hydrogen-bond donors (Lipinski definition) is 2. The highest BCUT2D eigenvalue weighted by Crippen LogP contribution is 2.31. The van der Waals surface area contributed by atoms with Crippen LogP contribution in [0.25, 0.3) is 0 Å². The van der Waals surface area contributed by atoms with Crippen molar-refractivity contribution in [2.24, 2.45) is 0 Å². The second-order valence-electron chi connectivity index (χ2n) is 4.35. The molecule has 1 rings (SSSR count). The van der Waals surface area contributed by atoms with E-state index in [1.165, 1.54) is 6.92 Å². The van der Waals surface area contributed by atoms with E-state index in [0.717, 1.165) is 19.4 Å². The number of aliphatic hydroxyl groups excluding tert-OH is 1. The highest BCUT2D eigenvalue weighted by atomic mass is 16.3. The van der Waals surface area contributed by atoms with Crippen LogP contribution < -0.4 is 0 Å². The number of aliphatic hydroxyl groups is 2. The largest absolute Gasteiger partial charge is 0.503 e. The smallest absolute Gasteiger partial charge is 0.230 e. The van der Waals surface area contributed by atoms with Crippen LogP contribution in [0, 0.1) is 0 Å². The molecular formula is C13H25NO3. The molecule has 0 aromatic rings. The summed E-state index contributed by atoms with van der Waals surface area (Å²) in [5.74, 6) is -0.848. The van der Waals surface area contributed by atoms with Crippen molar-refractivity contribution in [1.82, 2.24) is 4.90 Å². The second kappa shape index (κ2) is 6.64. The van der Waals surface area contributed by atoms with E-state index in [-0.39, 0.29) is 12.2 Å². The summed E-state index contributed by atoms with van der Waals surface area (Å²) in [6, 6.07) is 0. The molecule has 0 saturated carbocycles. The molecule has 0 bridgehead atoms. The maximum absolute atomic E-state index is 11.4. The number of ketones is 1. The first-order valence-corrected chi connectivity index (χ1v) is 6.30. The Bertz CT molecular complexity index is 295. The van der Waals surface area contributed by atoms with Gasteiger partial charge in [-0.1, -0.05) is 27.2 Å². The molecule has 0 aromatic heterocycles. The van der Waals surface area contributed by atoms with Crippen LogP contribution in [0.2, 0.25) is 0 Å². The summed E-state index contributed by atoms with van der Waals surface area (Å²) in [7, 11) is 1.83. The summed E-state index contributed by atoms with van der Waals surface area (Å²) < 4.78 is 0. The molecule has 2 N–H and O–H groups in total. The first-order chi connectivity index (χ1) is 7.90. The first kappa shape index (κ1) is 16.0. The number of rotatable bonds is 4.